The van der Waals surface area contributed by atoms with Crippen LogP contribution in [0.3, 0.4) is 0 Å². The molecule has 0 spiro atoms. The number of aryl methyl sites for hydroxylation is 2. The number of allylic oxidation sites excluding steroid dienone is 1. The van der Waals surface area contributed by atoms with Gasteiger partial charge in [-0.15, -0.1) is 5.92 Å². The molecule has 3 rings (SSSR count). The maximum Gasteiger partial charge on any atom is 0.0482 e. The average Bonchev–Trinajstić information content (AvgIpc) is 2.89. The number of piperazine rings is 1. The SMILES string of the molecule is C=C(CC#CC)NC1CCCCC1.CC.CCc1ccc(N2CCN(CC)CC2)c(CC)c1. The monoisotopic (exact) mass is 453 g/mol. The predicted octanol–water partition coefficient (Wildman–Crippen LogP) is 6.82. The summed E-state index contributed by atoms with van der Waals surface area (Å²) in [5.41, 5.74) is 5.52. The molecule has 0 radical (unpaired) electrons. The maximum atomic E-state index is 3.97. The van der Waals surface area contributed by atoms with Crippen LogP contribution in [-0.4, -0.2) is 43.7 Å². The lowest BCUT2D eigenvalue weighted by Crippen LogP contribution is -2.46. The molecule has 0 amide bonds. The van der Waals surface area contributed by atoms with E-state index in [1.807, 2.05) is 20.8 Å². The van der Waals surface area contributed by atoms with Crippen molar-refractivity contribution in [3.63, 3.8) is 0 Å². The van der Waals surface area contributed by atoms with E-state index in [1.54, 1.807) is 0 Å². The van der Waals surface area contributed by atoms with E-state index in [9.17, 15) is 0 Å². The van der Waals surface area contributed by atoms with Crippen LogP contribution >= 0.6 is 0 Å². The van der Waals surface area contributed by atoms with Crippen LogP contribution in [0.4, 0.5) is 5.69 Å². The summed E-state index contributed by atoms with van der Waals surface area (Å²) >= 11 is 0. The summed E-state index contributed by atoms with van der Waals surface area (Å²) in [6.07, 6.45) is 9.81. The molecule has 0 bridgehead atoms. The van der Waals surface area contributed by atoms with Crippen molar-refractivity contribution in [2.75, 3.05) is 37.6 Å². The van der Waals surface area contributed by atoms with E-state index >= 15 is 0 Å². The summed E-state index contributed by atoms with van der Waals surface area (Å²) in [4.78, 5) is 5.09. The molecule has 1 N–H and O–H groups in total. The number of nitrogens with zero attached hydrogens (tertiary/aromatic N) is 2. The van der Waals surface area contributed by atoms with Crippen LogP contribution in [0.15, 0.2) is 30.5 Å². The summed E-state index contributed by atoms with van der Waals surface area (Å²) in [5, 5.41) is 3.46. The molecule has 3 nitrogen and oxygen atoms in total. The first-order chi connectivity index (χ1) is 16.1. The molecule has 1 aliphatic heterocycles. The maximum absolute atomic E-state index is 3.97. The molecule has 1 aliphatic carbocycles. The summed E-state index contributed by atoms with van der Waals surface area (Å²) in [6, 6.07) is 7.68. The highest BCUT2D eigenvalue weighted by atomic mass is 15.3. The van der Waals surface area contributed by atoms with Gasteiger partial charge in [-0.2, -0.15) is 0 Å². The minimum absolute atomic E-state index is 0.667. The van der Waals surface area contributed by atoms with Crippen molar-refractivity contribution < 1.29 is 0 Å². The van der Waals surface area contributed by atoms with Crippen LogP contribution in [-0.2, 0) is 12.8 Å². The lowest BCUT2D eigenvalue weighted by Gasteiger charge is -2.36. The first-order valence-corrected chi connectivity index (χ1v) is 13.5. The standard InChI is InChI=1S/C16H26N2.C12H19N.C2H6/c1-4-14-7-8-16(15(5-2)13-14)18-11-9-17(6-3)10-12-18;1-3-4-8-11(2)13-12-9-6-5-7-10-12;1-2/h7-8,13H,4-6,9-12H2,1-3H3;12-13H,2,5-10H2,1H3;1-2H3. The Hall–Kier alpha value is -1.92. The number of benzene rings is 1. The second kappa shape index (κ2) is 17.5. The van der Waals surface area contributed by atoms with Gasteiger partial charge in [-0.3, -0.25) is 0 Å². The van der Waals surface area contributed by atoms with Gasteiger partial charge in [-0.1, -0.05) is 78.5 Å². The molecule has 1 saturated heterocycles. The lowest BCUT2D eigenvalue weighted by molar-refractivity contribution is 0.271. The lowest BCUT2D eigenvalue weighted by atomic mass is 9.95. The number of hydrogen-bond donors (Lipinski definition) is 1. The molecule has 0 unspecified atom stereocenters. The van der Waals surface area contributed by atoms with Gasteiger partial charge in [0.25, 0.3) is 0 Å². The third-order valence-corrected chi connectivity index (χ3v) is 6.59. The van der Waals surface area contributed by atoms with Gasteiger partial charge >= 0.3 is 0 Å². The highest BCUT2D eigenvalue weighted by Gasteiger charge is 2.17. The molecule has 33 heavy (non-hydrogen) atoms. The normalized spacial score (nSPS) is 16.4. The minimum Gasteiger partial charge on any atom is -0.385 e. The number of nitrogens with one attached hydrogen (secondary N) is 1. The van der Waals surface area contributed by atoms with Crippen molar-refractivity contribution in [2.45, 2.75) is 99.0 Å². The highest BCUT2D eigenvalue weighted by molar-refractivity contribution is 5.55. The summed E-state index contributed by atoms with van der Waals surface area (Å²) in [6.45, 7) is 22.5. The van der Waals surface area contributed by atoms with E-state index in [0.717, 1.165) is 25.0 Å². The molecule has 1 saturated carbocycles. The Kier molecular flexibility index (Phi) is 15.5. The first kappa shape index (κ1) is 29.1. The van der Waals surface area contributed by atoms with Crippen molar-refractivity contribution in [3.05, 3.63) is 41.6 Å². The molecule has 1 aromatic rings. The van der Waals surface area contributed by atoms with E-state index < -0.39 is 0 Å². The largest absolute Gasteiger partial charge is 0.385 e. The fourth-order valence-electron chi connectivity index (χ4n) is 4.54. The fourth-order valence-corrected chi connectivity index (χ4v) is 4.54. The molecule has 1 aromatic carbocycles. The Morgan fingerprint density at radius 3 is 2.21 bits per heavy atom. The Bertz CT molecular complexity index is 714. The third kappa shape index (κ3) is 10.7. The molecule has 3 heteroatoms. The average molecular weight is 454 g/mol. The van der Waals surface area contributed by atoms with Crippen LogP contribution in [0.2, 0.25) is 0 Å². The molecular formula is C30H51N3. The minimum atomic E-state index is 0.667. The Labute approximate surface area is 206 Å². The second-order valence-electron chi connectivity index (χ2n) is 8.78. The number of anilines is 1. The predicted molar refractivity (Wildman–Crippen MR) is 148 cm³/mol. The van der Waals surface area contributed by atoms with Gasteiger partial charge in [0.05, 0.1) is 0 Å². The summed E-state index contributed by atoms with van der Waals surface area (Å²) < 4.78 is 0. The third-order valence-electron chi connectivity index (χ3n) is 6.59. The smallest absolute Gasteiger partial charge is 0.0482 e. The van der Waals surface area contributed by atoms with Gasteiger partial charge in [-0.25, -0.2) is 0 Å². The van der Waals surface area contributed by atoms with Crippen LogP contribution in [0, 0.1) is 11.8 Å². The molecule has 1 heterocycles. The van der Waals surface area contributed by atoms with Crippen LogP contribution < -0.4 is 10.2 Å². The van der Waals surface area contributed by atoms with E-state index in [-0.39, 0.29) is 0 Å². The Morgan fingerprint density at radius 1 is 1.00 bits per heavy atom. The molecule has 186 valence electrons. The zero-order chi connectivity index (χ0) is 24.5. The van der Waals surface area contributed by atoms with Crippen LogP contribution in [0.1, 0.15) is 91.2 Å². The van der Waals surface area contributed by atoms with Gasteiger partial charge in [0.1, 0.15) is 0 Å². The van der Waals surface area contributed by atoms with Gasteiger partial charge in [-0.05, 0) is 56.3 Å². The molecule has 2 aliphatic rings. The fraction of sp³-hybridized carbons (Fsp3) is 0.667. The second-order valence-corrected chi connectivity index (χ2v) is 8.78. The van der Waals surface area contributed by atoms with Crippen LogP contribution in [0.25, 0.3) is 0 Å². The van der Waals surface area contributed by atoms with Gasteiger partial charge in [0.15, 0.2) is 0 Å². The number of hydrogen-bond acceptors (Lipinski definition) is 3. The van der Waals surface area contributed by atoms with E-state index in [0.29, 0.717) is 6.04 Å². The summed E-state index contributed by atoms with van der Waals surface area (Å²) in [5.74, 6) is 5.91. The quantitative estimate of drug-likeness (QED) is 0.457. The summed E-state index contributed by atoms with van der Waals surface area (Å²) in [7, 11) is 0. The van der Waals surface area contributed by atoms with Crippen molar-refractivity contribution in [1.29, 1.82) is 0 Å². The van der Waals surface area contributed by atoms with Gasteiger partial charge in [0, 0.05) is 50.0 Å². The molecular weight excluding hydrogens is 402 g/mol. The first-order valence-electron chi connectivity index (χ1n) is 13.5. The topological polar surface area (TPSA) is 18.5 Å². The molecule has 0 atom stereocenters. The van der Waals surface area contributed by atoms with Gasteiger partial charge < -0.3 is 15.1 Å². The zero-order valence-corrected chi connectivity index (χ0v) is 22.6. The molecule has 0 aromatic heterocycles. The van der Waals surface area contributed by atoms with Gasteiger partial charge in [0.2, 0.25) is 0 Å². The molecule has 2 fully saturated rings. The van der Waals surface area contributed by atoms with Crippen molar-refractivity contribution in [1.82, 2.24) is 10.2 Å². The van der Waals surface area contributed by atoms with E-state index in [2.05, 4.69) is 72.5 Å². The Morgan fingerprint density at radius 2 is 1.67 bits per heavy atom. The number of likely N-dealkylation sites (N-methyl/N-ethyl adjacent to an activating group) is 1. The van der Waals surface area contributed by atoms with E-state index in [1.165, 1.54) is 81.6 Å². The highest BCUT2D eigenvalue weighted by Crippen LogP contribution is 2.24. The van der Waals surface area contributed by atoms with E-state index in [4.69, 9.17) is 0 Å². The van der Waals surface area contributed by atoms with Crippen molar-refractivity contribution in [3.8, 4) is 11.8 Å². The van der Waals surface area contributed by atoms with Crippen molar-refractivity contribution >= 4 is 5.69 Å². The number of rotatable bonds is 7. The Balaban J connectivity index is 0.000000322. The van der Waals surface area contributed by atoms with Crippen LogP contribution in [0.5, 0.6) is 0 Å². The zero-order valence-electron chi connectivity index (χ0n) is 22.6. The van der Waals surface area contributed by atoms with Crippen molar-refractivity contribution in [2.24, 2.45) is 0 Å².